The molecule has 3 heterocycles. The summed E-state index contributed by atoms with van der Waals surface area (Å²) in [6, 6.07) is 23.0. The predicted molar refractivity (Wildman–Crippen MR) is 184 cm³/mol. The van der Waals surface area contributed by atoms with Crippen LogP contribution >= 0.6 is 7.82 Å². The molecule has 6 rings (SSSR count). The molecule has 3 aliphatic heterocycles. The number of amides is 3. The number of carbonyl (C=O) groups excluding carboxylic acids is 3. The lowest BCUT2D eigenvalue weighted by Crippen LogP contribution is -2.75. The van der Waals surface area contributed by atoms with Gasteiger partial charge in [0.1, 0.15) is 18.0 Å². The average Bonchev–Trinajstić information content (AvgIpc) is 3.62. The molecule has 3 saturated heterocycles. The van der Waals surface area contributed by atoms with E-state index in [-0.39, 0.29) is 55.9 Å². The second-order valence-corrected chi connectivity index (χ2v) is 13.8. The zero-order valence-corrected chi connectivity index (χ0v) is 28.2. The molecule has 0 spiro atoms. The lowest BCUT2D eigenvalue weighted by atomic mass is 9.97. The number of benzene rings is 3. The van der Waals surface area contributed by atoms with Crippen molar-refractivity contribution in [1.82, 2.24) is 19.8 Å². The Bertz CT molecular complexity index is 1710. The third kappa shape index (κ3) is 8.05. The lowest BCUT2D eigenvalue weighted by Gasteiger charge is -2.55. The van der Waals surface area contributed by atoms with Gasteiger partial charge in [0, 0.05) is 44.7 Å². The van der Waals surface area contributed by atoms with Crippen molar-refractivity contribution >= 4 is 31.2 Å². The maximum atomic E-state index is 14.5. The molecule has 0 aromatic heterocycles. The number of hydrazine groups is 1. The van der Waals surface area contributed by atoms with Crippen molar-refractivity contribution in [2.24, 2.45) is 0 Å². The van der Waals surface area contributed by atoms with Gasteiger partial charge in [0.2, 0.25) is 17.7 Å². The zero-order chi connectivity index (χ0) is 34.5. The maximum absolute atomic E-state index is 14.5. The van der Waals surface area contributed by atoms with Crippen LogP contribution < -0.4 is 9.42 Å². The van der Waals surface area contributed by atoms with Gasteiger partial charge in [-0.1, -0.05) is 66.7 Å². The number of phosphoric ester groups is 1. The molecule has 13 heteroatoms. The first-order chi connectivity index (χ1) is 23.6. The van der Waals surface area contributed by atoms with Crippen molar-refractivity contribution in [2.75, 3.05) is 37.6 Å². The molecule has 0 bridgehead atoms. The number of hydrogen-bond donors (Lipinski definition) is 2. The number of para-hydroxylation sites is 1. The monoisotopic (exact) mass is 687 g/mol. The second-order valence-electron chi connectivity index (χ2n) is 12.6. The molecule has 2 atom stereocenters. The summed E-state index contributed by atoms with van der Waals surface area (Å²) in [6.45, 7) is 6.40. The highest BCUT2D eigenvalue weighted by Gasteiger charge is 2.51. The quantitative estimate of drug-likeness (QED) is 0.216. The molecule has 0 radical (unpaired) electrons. The number of aryl methyl sites for hydroxylation is 1. The molecule has 49 heavy (non-hydrogen) atoms. The minimum atomic E-state index is -4.75. The fraction of sp³-hybridized carbons (Fsp3) is 0.361. The van der Waals surface area contributed by atoms with E-state index < -0.39 is 20.0 Å². The smallest absolute Gasteiger partial charge is 0.404 e. The molecule has 2 N–H and O–H groups in total. The van der Waals surface area contributed by atoms with Gasteiger partial charge in [-0.15, -0.1) is 6.58 Å². The van der Waals surface area contributed by atoms with E-state index in [4.69, 9.17) is 4.52 Å². The summed E-state index contributed by atoms with van der Waals surface area (Å²) in [5.41, 5.74) is 3.77. The number of phosphoric acid groups is 1. The fourth-order valence-corrected chi connectivity index (χ4v) is 7.47. The van der Waals surface area contributed by atoms with Crippen LogP contribution in [0.3, 0.4) is 0 Å². The van der Waals surface area contributed by atoms with Crippen molar-refractivity contribution in [1.29, 1.82) is 0 Å². The summed E-state index contributed by atoms with van der Waals surface area (Å²) in [5, 5.41) is 3.38. The van der Waals surface area contributed by atoms with E-state index in [9.17, 15) is 28.7 Å². The van der Waals surface area contributed by atoms with Crippen molar-refractivity contribution in [3.8, 4) is 5.75 Å². The minimum Gasteiger partial charge on any atom is -0.404 e. The number of nitrogens with zero attached hydrogens (tertiary/aromatic N) is 5. The van der Waals surface area contributed by atoms with Gasteiger partial charge in [0.25, 0.3) is 0 Å². The van der Waals surface area contributed by atoms with Crippen LogP contribution in [-0.4, -0.2) is 92.3 Å². The van der Waals surface area contributed by atoms with Crippen LogP contribution in [-0.2, 0) is 38.3 Å². The fourth-order valence-electron chi connectivity index (χ4n) is 7.08. The van der Waals surface area contributed by atoms with Gasteiger partial charge in [-0.05, 0) is 54.2 Å². The largest absolute Gasteiger partial charge is 0.524 e. The number of rotatable bonds is 12. The van der Waals surface area contributed by atoms with Crippen LogP contribution in [0.4, 0.5) is 5.69 Å². The number of piperazine rings is 1. The molecule has 3 aromatic rings. The van der Waals surface area contributed by atoms with E-state index in [1.54, 1.807) is 38.0 Å². The van der Waals surface area contributed by atoms with Crippen molar-refractivity contribution in [3.05, 3.63) is 108 Å². The molecular weight excluding hydrogens is 645 g/mol. The van der Waals surface area contributed by atoms with Crippen molar-refractivity contribution in [3.63, 3.8) is 0 Å². The van der Waals surface area contributed by atoms with E-state index in [1.807, 2.05) is 48.5 Å². The van der Waals surface area contributed by atoms with Crippen LogP contribution in [0.5, 0.6) is 5.75 Å². The molecule has 3 aliphatic rings. The Morgan fingerprint density at radius 1 is 0.939 bits per heavy atom. The Morgan fingerprint density at radius 2 is 1.63 bits per heavy atom. The summed E-state index contributed by atoms with van der Waals surface area (Å²) in [4.78, 5) is 66.6. The van der Waals surface area contributed by atoms with Crippen molar-refractivity contribution in [2.45, 2.75) is 50.9 Å². The molecule has 0 unspecified atom stereocenters. The van der Waals surface area contributed by atoms with Gasteiger partial charge in [-0.3, -0.25) is 24.2 Å². The average molecular weight is 688 g/mol. The molecule has 0 aliphatic carbocycles. The third-order valence-electron chi connectivity index (χ3n) is 9.27. The van der Waals surface area contributed by atoms with E-state index >= 15 is 0 Å². The highest BCUT2D eigenvalue weighted by Crippen LogP contribution is 2.38. The molecule has 0 saturated carbocycles. The lowest BCUT2D eigenvalue weighted by molar-refractivity contribution is -0.205. The van der Waals surface area contributed by atoms with Crippen molar-refractivity contribution < 1.29 is 33.3 Å². The van der Waals surface area contributed by atoms with Gasteiger partial charge in [0.05, 0.1) is 13.1 Å². The van der Waals surface area contributed by atoms with Gasteiger partial charge >= 0.3 is 7.82 Å². The first-order valence-corrected chi connectivity index (χ1v) is 18.1. The molecule has 258 valence electrons. The van der Waals surface area contributed by atoms with Crippen LogP contribution in [0.1, 0.15) is 36.0 Å². The second kappa shape index (κ2) is 15.0. The number of hydrogen-bond acceptors (Lipinski definition) is 7. The Balaban J connectivity index is 1.34. The number of fused-ring (bicyclic) bond motifs is 1. The summed E-state index contributed by atoms with van der Waals surface area (Å²) in [6.07, 6.45) is 4.00. The van der Waals surface area contributed by atoms with E-state index in [0.29, 0.717) is 18.5 Å². The standard InChI is InChI=1S/C36H42N5O7P/c1-2-20-39-26-35(43)40-32(23-28-14-17-30(18-15-28)48-49(45,46)47)36(44)38(24-29-12-6-7-13-31(29)37-21-8-9-22-37)25-33(40)41(39)34(42)19-16-27-10-4-3-5-11-27/h2-7,10-15,17-18,32-33H,1,8-9,16,19-26H2,(H2,45,46,47)/t32-,33-/m0/s1. The number of anilines is 1. The Morgan fingerprint density at radius 3 is 2.33 bits per heavy atom. The van der Waals surface area contributed by atoms with Gasteiger partial charge in [-0.25, -0.2) is 14.6 Å². The molecule has 3 aromatic carbocycles. The van der Waals surface area contributed by atoms with Crippen LogP contribution in [0.2, 0.25) is 0 Å². The first-order valence-electron chi connectivity index (χ1n) is 16.6. The Kier molecular flexibility index (Phi) is 10.5. The SMILES string of the molecule is C=CCN1CC(=O)N2[C@@H](Cc3ccc(OP(=O)(O)O)cc3)C(=O)N(Cc3ccccc3N3CCCC3)C[C@@H]2N1C(=O)CCc1ccccc1. The molecular formula is C36H42N5O7P. The summed E-state index contributed by atoms with van der Waals surface area (Å²) in [7, 11) is -4.75. The Hall–Kier alpha value is -4.48. The zero-order valence-electron chi connectivity index (χ0n) is 27.3. The van der Waals surface area contributed by atoms with Crippen LogP contribution in [0, 0.1) is 0 Å². The Labute approximate surface area is 286 Å². The third-order valence-corrected chi connectivity index (χ3v) is 9.72. The predicted octanol–water partition coefficient (Wildman–Crippen LogP) is 3.74. The highest BCUT2D eigenvalue weighted by molar-refractivity contribution is 7.46. The minimum absolute atomic E-state index is 0.0191. The maximum Gasteiger partial charge on any atom is 0.524 e. The molecule has 3 amide bonds. The topological polar surface area (TPSA) is 134 Å². The van der Waals surface area contributed by atoms with Gasteiger partial charge in [0.15, 0.2) is 0 Å². The van der Waals surface area contributed by atoms with Gasteiger partial charge < -0.3 is 19.2 Å². The number of carbonyl (C=O) groups is 3. The summed E-state index contributed by atoms with van der Waals surface area (Å²) in [5.74, 6) is -0.673. The normalized spacial score (nSPS) is 20.0. The highest BCUT2D eigenvalue weighted by atomic mass is 31.2. The van der Waals surface area contributed by atoms with Gasteiger partial charge in [-0.2, -0.15) is 0 Å². The summed E-state index contributed by atoms with van der Waals surface area (Å²) >= 11 is 0. The molecule has 12 nitrogen and oxygen atoms in total. The molecule has 3 fully saturated rings. The summed E-state index contributed by atoms with van der Waals surface area (Å²) < 4.78 is 16.1. The van der Waals surface area contributed by atoms with E-state index in [1.165, 1.54) is 12.1 Å². The van der Waals surface area contributed by atoms with Crippen LogP contribution in [0.15, 0.2) is 91.5 Å². The van der Waals surface area contributed by atoms with E-state index in [2.05, 4.69) is 17.5 Å². The first kappa shape index (κ1) is 34.4. The van der Waals surface area contributed by atoms with Crippen LogP contribution in [0.25, 0.3) is 0 Å². The van der Waals surface area contributed by atoms with E-state index in [0.717, 1.165) is 42.7 Å².